The Bertz CT molecular complexity index is 739. The fraction of sp³-hybridized carbons (Fsp3) is 0. The second-order valence-corrected chi connectivity index (χ2v) is 6.19. The van der Waals surface area contributed by atoms with Crippen LogP contribution in [0.25, 0.3) is 0 Å². The molecule has 0 spiro atoms. The molecule has 0 aliphatic carbocycles. The van der Waals surface area contributed by atoms with Crippen molar-refractivity contribution in [2.45, 2.75) is 5.03 Å². The Balaban J connectivity index is 2.38. The quantitative estimate of drug-likeness (QED) is 0.572. The molecule has 9 heteroatoms. The maximum Gasteiger partial charge on any atom is 0.281 e. The van der Waals surface area contributed by atoms with Crippen molar-refractivity contribution in [3.8, 4) is 0 Å². The Labute approximate surface area is 123 Å². The number of sulfonamides is 1. The molecule has 1 aromatic heterocycles. The zero-order valence-electron chi connectivity index (χ0n) is 9.97. The smallest absolute Gasteiger partial charge is 0.281 e. The third-order valence-electron chi connectivity index (χ3n) is 2.35. The molecule has 0 fully saturated rings. The second kappa shape index (κ2) is 5.73. The second-order valence-electron chi connectivity index (χ2n) is 3.73. The first-order valence-corrected chi connectivity index (χ1v) is 7.61. The first-order valence-electron chi connectivity index (χ1n) is 5.33. The number of hydrogen-bond donors (Lipinski definition) is 3. The van der Waals surface area contributed by atoms with E-state index in [0.717, 1.165) is 6.07 Å². The summed E-state index contributed by atoms with van der Waals surface area (Å²) in [7, 11) is -3.97. The van der Waals surface area contributed by atoms with Gasteiger partial charge >= 0.3 is 0 Å². The van der Waals surface area contributed by atoms with Crippen LogP contribution in [0.5, 0.6) is 0 Å². The highest BCUT2D eigenvalue weighted by molar-refractivity contribution is 9.10. The van der Waals surface area contributed by atoms with E-state index >= 15 is 0 Å². The van der Waals surface area contributed by atoms with Crippen LogP contribution in [0.4, 0.5) is 15.8 Å². The molecule has 2 rings (SSSR count). The average Bonchev–Trinajstić information content (AvgIpc) is 2.42. The van der Waals surface area contributed by atoms with E-state index in [4.69, 9.17) is 5.84 Å². The van der Waals surface area contributed by atoms with E-state index in [0.29, 0.717) is 0 Å². The van der Waals surface area contributed by atoms with E-state index in [1.165, 1.54) is 30.5 Å². The summed E-state index contributed by atoms with van der Waals surface area (Å²) < 4.78 is 40.2. The molecule has 1 heterocycles. The lowest BCUT2D eigenvalue weighted by molar-refractivity contribution is 0.597. The number of pyridine rings is 1. The van der Waals surface area contributed by atoms with Gasteiger partial charge in [0.15, 0.2) is 0 Å². The summed E-state index contributed by atoms with van der Waals surface area (Å²) in [6.07, 6.45) is 1.32. The highest BCUT2D eigenvalue weighted by Crippen LogP contribution is 2.23. The number of nitrogens with two attached hydrogens (primary N) is 1. The molecule has 0 atom stereocenters. The Kier molecular flexibility index (Phi) is 4.21. The van der Waals surface area contributed by atoms with Gasteiger partial charge in [0.1, 0.15) is 5.82 Å². The minimum absolute atomic E-state index is 0.0827. The molecule has 0 aliphatic rings. The largest absolute Gasteiger partial charge is 0.321 e. The number of benzene rings is 1. The van der Waals surface area contributed by atoms with Crippen molar-refractivity contribution in [1.82, 2.24) is 4.98 Å². The van der Waals surface area contributed by atoms with Crippen molar-refractivity contribution in [2.75, 3.05) is 10.1 Å². The standard InChI is InChI=1S/C11H10BrFN4O2S/c12-8-4-3-7(6-9(8)13)17-20(18,19)11-10(16-14)2-1-5-15-11/h1-6,16-17H,14H2. The first-order chi connectivity index (χ1) is 9.44. The molecular weight excluding hydrogens is 351 g/mol. The van der Waals surface area contributed by atoms with Crippen molar-refractivity contribution < 1.29 is 12.8 Å². The molecule has 0 saturated heterocycles. The fourth-order valence-electron chi connectivity index (χ4n) is 1.48. The molecule has 1 aromatic carbocycles. The summed E-state index contributed by atoms with van der Waals surface area (Å²) in [6, 6.07) is 6.87. The van der Waals surface area contributed by atoms with Gasteiger partial charge in [-0.2, -0.15) is 8.42 Å². The van der Waals surface area contributed by atoms with E-state index in [1.54, 1.807) is 0 Å². The third kappa shape index (κ3) is 3.06. The first kappa shape index (κ1) is 14.7. The van der Waals surface area contributed by atoms with Gasteiger partial charge in [0.05, 0.1) is 15.8 Å². The molecule has 6 nitrogen and oxygen atoms in total. The number of nitrogens with zero attached hydrogens (tertiary/aromatic N) is 1. The summed E-state index contributed by atoms with van der Waals surface area (Å²) >= 11 is 2.99. The number of hydrazine groups is 1. The van der Waals surface area contributed by atoms with Crippen LogP contribution in [0.3, 0.4) is 0 Å². The predicted molar refractivity (Wildman–Crippen MR) is 77.0 cm³/mol. The molecule has 0 aliphatic heterocycles. The zero-order valence-corrected chi connectivity index (χ0v) is 12.4. The van der Waals surface area contributed by atoms with Crippen molar-refractivity contribution in [3.05, 3.63) is 46.8 Å². The van der Waals surface area contributed by atoms with E-state index in [2.05, 4.69) is 31.1 Å². The van der Waals surface area contributed by atoms with Crippen molar-refractivity contribution in [2.24, 2.45) is 5.84 Å². The number of hydrogen-bond acceptors (Lipinski definition) is 5. The molecule has 106 valence electrons. The lowest BCUT2D eigenvalue weighted by Gasteiger charge is -2.10. The molecule has 2 aromatic rings. The molecule has 20 heavy (non-hydrogen) atoms. The Morgan fingerprint density at radius 3 is 2.70 bits per heavy atom. The number of halogens is 2. The molecule has 0 saturated carbocycles. The number of anilines is 2. The van der Waals surface area contributed by atoms with Crippen LogP contribution >= 0.6 is 15.9 Å². The van der Waals surface area contributed by atoms with Crippen molar-refractivity contribution in [3.63, 3.8) is 0 Å². The van der Waals surface area contributed by atoms with Gasteiger partial charge in [-0.25, -0.2) is 9.37 Å². The topological polar surface area (TPSA) is 97.1 Å². The highest BCUT2D eigenvalue weighted by Gasteiger charge is 2.20. The zero-order chi connectivity index (χ0) is 14.8. The van der Waals surface area contributed by atoms with E-state index < -0.39 is 15.8 Å². The number of rotatable bonds is 4. The molecule has 0 unspecified atom stereocenters. The summed E-state index contributed by atoms with van der Waals surface area (Å²) in [5.74, 6) is 4.66. The summed E-state index contributed by atoms with van der Waals surface area (Å²) in [4.78, 5) is 3.76. The monoisotopic (exact) mass is 360 g/mol. The lowest BCUT2D eigenvalue weighted by atomic mass is 10.3. The van der Waals surface area contributed by atoms with Crippen LogP contribution in [0.1, 0.15) is 0 Å². The van der Waals surface area contributed by atoms with Crippen LogP contribution in [0, 0.1) is 5.82 Å². The van der Waals surface area contributed by atoms with Gasteiger partial charge in [-0.05, 0) is 46.3 Å². The van der Waals surface area contributed by atoms with Crippen LogP contribution in [0.15, 0.2) is 46.0 Å². The van der Waals surface area contributed by atoms with Gasteiger partial charge in [0.25, 0.3) is 10.0 Å². The minimum atomic E-state index is -3.97. The molecule has 0 amide bonds. The van der Waals surface area contributed by atoms with Gasteiger partial charge in [-0.15, -0.1) is 0 Å². The van der Waals surface area contributed by atoms with Gasteiger partial charge in [0.2, 0.25) is 5.03 Å². The van der Waals surface area contributed by atoms with E-state index in [-0.39, 0.29) is 20.9 Å². The molecule has 0 radical (unpaired) electrons. The van der Waals surface area contributed by atoms with Gasteiger partial charge < -0.3 is 5.43 Å². The average molecular weight is 361 g/mol. The summed E-state index contributed by atoms with van der Waals surface area (Å²) in [5, 5.41) is -0.272. The van der Waals surface area contributed by atoms with Gasteiger partial charge in [-0.3, -0.25) is 10.6 Å². The number of aromatic nitrogens is 1. The maximum absolute atomic E-state index is 13.4. The molecular formula is C11H10BrFN4O2S. The van der Waals surface area contributed by atoms with E-state index in [9.17, 15) is 12.8 Å². The van der Waals surface area contributed by atoms with Crippen LogP contribution in [-0.2, 0) is 10.0 Å². The molecule has 0 bridgehead atoms. The van der Waals surface area contributed by atoms with Crippen LogP contribution in [-0.4, -0.2) is 13.4 Å². The van der Waals surface area contributed by atoms with Gasteiger partial charge in [0, 0.05) is 6.20 Å². The number of nitrogens with one attached hydrogen (secondary N) is 2. The maximum atomic E-state index is 13.4. The van der Waals surface area contributed by atoms with Crippen LogP contribution in [0.2, 0.25) is 0 Å². The normalized spacial score (nSPS) is 11.2. The predicted octanol–water partition coefficient (Wildman–Crippen LogP) is 2.07. The van der Waals surface area contributed by atoms with Gasteiger partial charge in [-0.1, -0.05) is 0 Å². The lowest BCUT2D eigenvalue weighted by Crippen LogP contribution is -2.19. The Morgan fingerprint density at radius 2 is 2.05 bits per heavy atom. The van der Waals surface area contributed by atoms with Crippen LogP contribution < -0.4 is 16.0 Å². The number of nitrogen functional groups attached to an aromatic ring is 1. The fourth-order valence-corrected chi connectivity index (χ4v) is 2.87. The summed E-state index contributed by atoms with van der Waals surface area (Å²) in [5.41, 5.74) is 2.46. The summed E-state index contributed by atoms with van der Waals surface area (Å²) in [6.45, 7) is 0. The Hall–Kier alpha value is -1.71. The van der Waals surface area contributed by atoms with E-state index in [1.807, 2.05) is 0 Å². The van der Waals surface area contributed by atoms with Crippen molar-refractivity contribution >= 4 is 37.3 Å². The highest BCUT2D eigenvalue weighted by atomic mass is 79.9. The molecule has 4 N–H and O–H groups in total. The third-order valence-corrected chi connectivity index (χ3v) is 4.33. The Morgan fingerprint density at radius 1 is 1.30 bits per heavy atom. The van der Waals surface area contributed by atoms with Crippen molar-refractivity contribution in [1.29, 1.82) is 0 Å². The SMILES string of the molecule is NNc1cccnc1S(=O)(=O)Nc1ccc(Br)c(F)c1. The minimum Gasteiger partial charge on any atom is -0.321 e.